The molecular formula is C31H39ClN6O3S. The van der Waals surface area contributed by atoms with Gasteiger partial charge in [0.1, 0.15) is 6.04 Å². The van der Waals surface area contributed by atoms with Crippen molar-refractivity contribution in [2.75, 3.05) is 19.6 Å². The molecule has 1 saturated heterocycles. The van der Waals surface area contributed by atoms with Crippen molar-refractivity contribution < 1.29 is 9.59 Å². The number of hydrogen-bond donors (Lipinski definition) is 4. The van der Waals surface area contributed by atoms with E-state index >= 15 is 0 Å². The summed E-state index contributed by atoms with van der Waals surface area (Å²) in [7, 11) is 0. The second-order valence-corrected chi connectivity index (χ2v) is 12.4. The number of nitrogens with one attached hydrogen (secondary N) is 3. The number of thiophene rings is 1. The van der Waals surface area contributed by atoms with Gasteiger partial charge in [-0.05, 0) is 79.0 Å². The molecule has 0 radical (unpaired) electrons. The number of H-pyrrole nitrogens is 1. The summed E-state index contributed by atoms with van der Waals surface area (Å²) >= 11 is 1.65. The van der Waals surface area contributed by atoms with E-state index in [4.69, 9.17) is 5.73 Å². The van der Waals surface area contributed by atoms with E-state index in [-0.39, 0.29) is 42.1 Å². The minimum Gasteiger partial charge on any atom is -0.354 e. The van der Waals surface area contributed by atoms with Gasteiger partial charge >= 0.3 is 11.7 Å². The van der Waals surface area contributed by atoms with Crippen LogP contribution < -0.4 is 22.1 Å². The zero-order chi connectivity index (χ0) is 28.3. The first-order valence-corrected chi connectivity index (χ1v) is 15.6. The minimum absolute atomic E-state index is 0. The number of carbonyl (C=O) groups is 2. The number of amides is 3. The van der Waals surface area contributed by atoms with Crippen molar-refractivity contribution in [2.45, 2.75) is 63.1 Å². The van der Waals surface area contributed by atoms with E-state index < -0.39 is 6.04 Å². The highest BCUT2D eigenvalue weighted by molar-refractivity contribution is 7.17. The van der Waals surface area contributed by atoms with Crippen LogP contribution in [0.1, 0.15) is 50.1 Å². The predicted molar refractivity (Wildman–Crippen MR) is 170 cm³/mol. The largest absolute Gasteiger partial charge is 0.354 e. The van der Waals surface area contributed by atoms with E-state index in [1.54, 1.807) is 16.2 Å². The topological polar surface area (TPSA) is 125 Å². The third kappa shape index (κ3) is 6.50. The molecule has 1 saturated carbocycles. The lowest BCUT2D eigenvalue weighted by Crippen LogP contribution is -2.54. The Labute approximate surface area is 255 Å². The molecule has 2 fully saturated rings. The van der Waals surface area contributed by atoms with Crippen LogP contribution in [0.4, 0.5) is 4.79 Å². The van der Waals surface area contributed by atoms with Crippen molar-refractivity contribution >= 4 is 56.8 Å². The second kappa shape index (κ2) is 13.3. The first kappa shape index (κ1) is 30.1. The van der Waals surface area contributed by atoms with Crippen LogP contribution in [0, 0.1) is 5.92 Å². The summed E-state index contributed by atoms with van der Waals surface area (Å²) in [5.41, 5.74) is 8.72. The van der Waals surface area contributed by atoms with E-state index in [0.29, 0.717) is 44.8 Å². The van der Waals surface area contributed by atoms with E-state index in [2.05, 4.69) is 33.1 Å². The van der Waals surface area contributed by atoms with Crippen LogP contribution >= 0.6 is 23.7 Å². The average molecular weight is 611 g/mol. The van der Waals surface area contributed by atoms with Gasteiger partial charge in [-0.15, -0.1) is 23.7 Å². The number of aromatic amines is 1. The van der Waals surface area contributed by atoms with E-state index in [1.807, 2.05) is 41.0 Å². The van der Waals surface area contributed by atoms with Gasteiger partial charge in [0, 0.05) is 42.8 Å². The Morgan fingerprint density at radius 2 is 1.71 bits per heavy atom. The van der Waals surface area contributed by atoms with E-state index in [0.717, 1.165) is 47.7 Å². The number of urea groups is 1. The van der Waals surface area contributed by atoms with Gasteiger partial charge in [-0.3, -0.25) is 9.36 Å². The van der Waals surface area contributed by atoms with Crippen LogP contribution in [0.15, 0.2) is 58.7 Å². The van der Waals surface area contributed by atoms with Crippen LogP contribution in [0.2, 0.25) is 0 Å². The van der Waals surface area contributed by atoms with Gasteiger partial charge in [0.15, 0.2) is 0 Å². The third-order valence-electron chi connectivity index (χ3n) is 8.80. The number of halogens is 1. The molecule has 1 aliphatic carbocycles. The van der Waals surface area contributed by atoms with E-state index in [1.165, 1.54) is 4.70 Å². The van der Waals surface area contributed by atoms with Crippen molar-refractivity contribution in [1.82, 2.24) is 25.1 Å². The fourth-order valence-electron chi connectivity index (χ4n) is 6.38. The average Bonchev–Trinajstić information content (AvgIpc) is 3.56. The maximum absolute atomic E-state index is 13.5. The van der Waals surface area contributed by atoms with Gasteiger partial charge in [-0.1, -0.05) is 30.3 Å². The maximum Gasteiger partial charge on any atom is 0.326 e. The third-order valence-corrected chi connectivity index (χ3v) is 9.81. The maximum atomic E-state index is 13.5. The van der Waals surface area contributed by atoms with Gasteiger partial charge in [-0.2, -0.15) is 0 Å². The molecule has 6 rings (SSSR count). The molecule has 2 aliphatic rings. The molecule has 2 aromatic heterocycles. The Morgan fingerprint density at radius 1 is 1.00 bits per heavy atom. The SMILES string of the molecule is Cl.NC1CCC(CNC(=O)[C@@H](Cc2csc3ccccc23)NC(=O)N2CCC(n3c(=O)[nH]c4ccccc43)CC2)CC1. The van der Waals surface area contributed by atoms with Crippen molar-refractivity contribution in [3.05, 3.63) is 70.0 Å². The zero-order valence-corrected chi connectivity index (χ0v) is 25.2. The highest BCUT2D eigenvalue weighted by atomic mass is 35.5. The minimum atomic E-state index is -0.680. The molecule has 5 N–H and O–H groups in total. The summed E-state index contributed by atoms with van der Waals surface area (Å²) in [5, 5.41) is 9.40. The standard InChI is InChI=1S/C31H38N6O3S.ClH/c32-22-11-9-20(10-12-22)18-33-29(38)26(17-21-19-41-28-8-4-1-5-24(21)28)35-30(39)36-15-13-23(14-16-36)37-27-7-3-2-6-25(27)34-31(37)40;/h1-8,19-20,22-23,26H,9-18,32H2,(H,33,38)(H,34,40)(H,35,39);1H/t20?,22?,26-;/m1./s1. The lowest BCUT2D eigenvalue weighted by Gasteiger charge is -2.33. The fourth-order valence-corrected chi connectivity index (χ4v) is 7.36. The van der Waals surface area contributed by atoms with Crippen LogP contribution in [-0.4, -0.2) is 58.1 Å². The number of nitrogens with two attached hydrogens (primary N) is 1. The number of benzene rings is 2. The monoisotopic (exact) mass is 610 g/mol. The molecule has 1 atom stereocenters. The van der Waals surface area contributed by atoms with Crippen molar-refractivity contribution in [2.24, 2.45) is 11.7 Å². The van der Waals surface area contributed by atoms with Gasteiger partial charge in [-0.25, -0.2) is 9.59 Å². The summed E-state index contributed by atoms with van der Waals surface area (Å²) in [6.07, 6.45) is 5.78. The number of likely N-dealkylation sites (tertiary alicyclic amines) is 1. The summed E-state index contributed by atoms with van der Waals surface area (Å²) in [6, 6.07) is 15.2. The molecule has 11 heteroatoms. The molecule has 0 unspecified atom stereocenters. The summed E-state index contributed by atoms with van der Waals surface area (Å²) in [4.78, 5) is 44.3. The number of imidazole rings is 1. The first-order valence-electron chi connectivity index (χ1n) is 14.7. The van der Waals surface area contributed by atoms with Crippen LogP contribution in [0.25, 0.3) is 21.1 Å². The number of fused-ring (bicyclic) bond motifs is 2. The molecule has 0 spiro atoms. The molecule has 3 amide bonds. The number of piperidine rings is 1. The number of aromatic nitrogens is 2. The zero-order valence-electron chi connectivity index (χ0n) is 23.6. The van der Waals surface area contributed by atoms with E-state index in [9.17, 15) is 14.4 Å². The molecule has 224 valence electrons. The second-order valence-electron chi connectivity index (χ2n) is 11.5. The Morgan fingerprint density at radius 3 is 2.50 bits per heavy atom. The lowest BCUT2D eigenvalue weighted by molar-refractivity contribution is -0.123. The van der Waals surface area contributed by atoms with Gasteiger partial charge in [0.05, 0.1) is 11.0 Å². The summed E-state index contributed by atoms with van der Waals surface area (Å²) in [6.45, 7) is 1.63. The fraction of sp³-hybridized carbons (Fsp3) is 0.452. The van der Waals surface area contributed by atoms with Crippen molar-refractivity contribution in [1.29, 1.82) is 0 Å². The van der Waals surface area contributed by atoms with Crippen LogP contribution in [-0.2, 0) is 11.2 Å². The Bertz CT molecular complexity index is 1580. The molecule has 1 aliphatic heterocycles. The molecule has 4 aromatic rings. The van der Waals surface area contributed by atoms with Crippen LogP contribution in [0.3, 0.4) is 0 Å². The highest BCUT2D eigenvalue weighted by Crippen LogP contribution is 2.28. The molecule has 9 nitrogen and oxygen atoms in total. The van der Waals surface area contributed by atoms with Crippen molar-refractivity contribution in [3.8, 4) is 0 Å². The normalized spacial score (nSPS) is 20.3. The number of hydrogen-bond acceptors (Lipinski definition) is 5. The van der Waals surface area contributed by atoms with Gasteiger partial charge in [0.25, 0.3) is 0 Å². The summed E-state index contributed by atoms with van der Waals surface area (Å²) in [5.74, 6) is 0.271. The van der Waals surface area contributed by atoms with Crippen LogP contribution in [0.5, 0.6) is 0 Å². The van der Waals surface area contributed by atoms with Gasteiger partial charge in [0.2, 0.25) is 5.91 Å². The Balaban J connectivity index is 0.00000353. The number of para-hydroxylation sites is 2. The highest BCUT2D eigenvalue weighted by Gasteiger charge is 2.30. The molecule has 2 aromatic carbocycles. The first-order chi connectivity index (χ1) is 20.0. The Hall–Kier alpha value is -3.34. The predicted octanol–water partition coefficient (Wildman–Crippen LogP) is 4.56. The number of carbonyl (C=O) groups excluding carboxylic acids is 2. The number of rotatable bonds is 7. The molecule has 42 heavy (non-hydrogen) atoms. The van der Waals surface area contributed by atoms with Gasteiger partial charge < -0.3 is 26.3 Å². The lowest BCUT2D eigenvalue weighted by atomic mass is 9.86. The quantitative estimate of drug-likeness (QED) is 0.245. The molecule has 0 bridgehead atoms. The molecular weight excluding hydrogens is 572 g/mol. The number of nitrogens with zero attached hydrogens (tertiary/aromatic N) is 2. The Kier molecular flexibility index (Phi) is 9.55. The van der Waals surface area contributed by atoms with Crippen molar-refractivity contribution in [3.63, 3.8) is 0 Å². The smallest absolute Gasteiger partial charge is 0.326 e. The summed E-state index contributed by atoms with van der Waals surface area (Å²) < 4.78 is 2.99. The molecule has 3 heterocycles.